The number of amides is 1. The summed E-state index contributed by atoms with van der Waals surface area (Å²) in [5.74, 6) is 1.60. The second kappa shape index (κ2) is 8.32. The van der Waals surface area contributed by atoms with E-state index in [0.717, 1.165) is 35.5 Å². The summed E-state index contributed by atoms with van der Waals surface area (Å²) in [6, 6.07) is 9.21. The summed E-state index contributed by atoms with van der Waals surface area (Å²) in [5, 5.41) is 1.75. The molecule has 4 rings (SSSR count). The van der Waals surface area contributed by atoms with E-state index >= 15 is 0 Å². The smallest absolute Gasteiger partial charge is 0.260 e. The SMILES string of the molecule is CCc1cc2c(N3CCN(C(=O)COc4ccc(Cl)cc4)CC3)ncnc2s1. The summed E-state index contributed by atoms with van der Waals surface area (Å²) in [7, 11) is 0. The first-order valence-corrected chi connectivity index (χ1v) is 10.5. The molecule has 3 aromatic rings. The van der Waals surface area contributed by atoms with Crippen LogP contribution in [-0.4, -0.2) is 53.6 Å². The number of aryl methyl sites for hydroxylation is 1. The maximum atomic E-state index is 12.5. The molecule has 0 atom stereocenters. The molecular weight excluding hydrogens is 396 g/mol. The third-order valence-corrected chi connectivity index (χ3v) is 6.26. The van der Waals surface area contributed by atoms with E-state index in [1.54, 1.807) is 41.9 Å². The van der Waals surface area contributed by atoms with E-state index in [0.29, 0.717) is 23.9 Å². The molecule has 0 bridgehead atoms. The van der Waals surface area contributed by atoms with E-state index in [1.807, 2.05) is 4.90 Å². The molecule has 0 saturated carbocycles. The van der Waals surface area contributed by atoms with E-state index in [2.05, 4.69) is 27.9 Å². The molecular formula is C20H21ClN4O2S. The fraction of sp³-hybridized carbons (Fsp3) is 0.350. The zero-order chi connectivity index (χ0) is 19.5. The number of fused-ring (bicyclic) bond motifs is 1. The normalized spacial score (nSPS) is 14.5. The van der Waals surface area contributed by atoms with Gasteiger partial charge in [0.25, 0.3) is 5.91 Å². The summed E-state index contributed by atoms with van der Waals surface area (Å²) >= 11 is 7.58. The van der Waals surface area contributed by atoms with Gasteiger partial charge in [0.15, 0.2) is 6.61 Å². The molecule has 8 heteroatoms. The Hall–Kier alpha value is -2.38. The summed E-state index contributed by atoms with van der Waals surface area (Å²) in [5.41, 5.74) is 0. The van der Waals surface area contributed by atoms with Gasteiger partial charge in [0.05, 0.1) is 5.39 Å². The third-order valence-electron chi connectivity index (χ3n) is 4.82. The highest BCUT2D eigenvalue weighted by Crippen LogP contribution is 2.31. The molecule has 1 fully saturated rings. The van der Waals surface area contributed by atoms with Crippen molar-refractivity contribution < 1.29 is 9.53 Å². The summed E-state index contributed by atoms with van der Waals surface area (Å²) < 4.78 is 5.58. The first kappa shape index (κ1) is 19.0. The number of ether oxygens (including phenoxy) is 1. The van der Waals surface area contributed by atoms with Gasteiger partial charge in [-0.25, -0.2) is 9.97 Å². The lowest BCUT2D eigenvalue weighted by Gasteiger charge is -2.35. The minimum atomic E-state index is -0.00811. The largest absolute Gasteiger partial charge is 0.484 e. The van der Waals surface area contributed by atoms with Crippen molar-refractivity contribution in [3.05, 3.63) is 46.6 Å². The van der Waals surface area contributed by atoms with Crippen molar-refractivity contribution in [1.29, 1.82) is 0 Å². The number of halogens is 1. The molecule has 1 saturated heterocycles. The van der Waals surface area contributed by atoms with Crippen molar-refractivity contribution >= 4 is 44.9 Å². The summed E-state index contributed by atoms with van der Waals surface area (Å²) in [6.45, 7) is 4.97. The Kier molecular flexibility index (Phi) is 5.64. The van der Waals surface area contributed by atoms with Gasteiger partial charge in [-0.3, -0.25) is 4.79 Å². The van der Waals surface area contributed by atoms with Gasteiger partial charge in [-0.05, 0) is 36.8 Å². The van der Waals surface area contributed by atoms with Crippen LogP contribution in [0.4, 0.5) is 5.82 Å². The number of hydrogen-bond acceptors (Lipinski definition) is 6. The number of benzene rings is 1. The number of carbonyl (C=O) groups is 1. The monoisotopic (exact) mass is 416 g/mol. The van der Waals surface area contributed by atoms with Crippen LogP contribution in [0.25, 0.3) is 10.2 Å². The topological polar surface area (TPSA) is 58.6 Å². The van der Waals surface area contributed by atoms with Crippen LogP contribution >= 0.6 is 22.9 Å². The van der Waals surface area contributed by atoms with Crippen LogP contribution in [0.3, 0.4) is 0 Å². The number of aromatic nitrogens is 2. The maximum Gasteiger partial charge on any atom is 0.260 e. The minimum absolute atomic E-state index is 0.00811. The minimum Gasteiger partial charge on any atom is -0.484 e. The lowest BCUT2D eigenvalue weighted by atomic mass is 10.2. The predicted octanol–water partition coefficient (Wildman–Crippen LogP) is 3.63. The highest BCUT2D eigenvalue weighted by atomic mass is 35.5. The zero-order valence-corrected chi connectivity index (χ0v) is 17.2. The van der Waals surface area contributed by atoms with Crippen LogP contribution in [0.1, 0.15) is 11.8 Å². The molecule has 0 N–H and O–H groups in total. The molecule has 1 amide bonds. The van der Waals surface area contributed by atoms with E-state index in [4.69, 9.17) is 16.3 Å². The Balaban J connectivity index is 1.36. The van der Waals surface area contributed by atoms with Gasteiger partial charge in [0, 0.05) is 36.1 Å². The number of carbonyl (C=O) groups excluding carboxylic acids is 1. The Morgan fingerprint density at radius 2 is 1.93 bits per heavy atom. The highest BCUT2D eigenvalue weighted by molar-refractivity contribution is 7.18. The number of rotatable bonds is 5. The molecule has 1 aromatic carbocycles. The summed E-state index contributed by atoms with van der Waals surface area (Å²) in [6.07, 6.45) is 2.63. The standard InChI is InChI=1S/C20H21ClN4O2S/c1-2-16-11-17-19(22-13-23-20(17)28-16)25-9-7-24(8-10-25)18(26)12-27-15-5-3-14(21)4-6-15/h3-6,11,13H,2,7-10,12H2,1H3. The van der Waals surface area contributed by atoms with Crippen molar-refractivity contribution in [2.24, 2.45) is 0 Å². The number of nitrogens with zero attached hydrogens (tertiary/aromatic N) is 4. The van der Waals surface area contributed by atoms with Crippen LogP contribution < -0.4 is 9.64 Å². The molecule has 0 radical (unpaired) electrons. The average molecular weight is 417 g/mol. The Bertz CT molecular complexity index is 968. The quantitative estimate of drug-likeness (QED) is 0.635. The molecule has 0 spiro atoms. The van der Waals surface area contributed by atoms with Gasteiger partial charge < -0.3 is 14.5 Å². The zero-order valence-electron chi connectivity index (χ0n) is 15.6. The van der Waals surface area contributed by atoms with Crippen LogP contribution in [0.15, 0.2) is 36.7 Å². The Morgan fingerprint density at radius 1 is 1.18 bits per heavy atom. The van der Waals surface area contributed by atoms with E-state index < -0.39 is 0 Å². The molecule has 0 unspecified atom stereocenters. The molecule has 0 aliphatic carbocycles. The molecule has 3 heterocycles. The molecule has 2 aromatic heterocycles. The predicted molar refractivity (Wildman–Crippen MR) is 113 cm³/mol. The van der Waals surface area contributed by atoms with Gasteiger partial charge in [-0.15, -0.1) is 11.3 Å². The van der Waals surface area contributed by atoms with E-state index in [-0.39, 0.29) is 12.5 Å². The van der Waals surface area contributed by atoms with Crippen molar-refractivity contribution in [3.63, 3.8) is 0 Å². The van der Waals surface area contributed by atoms with Crippen LogP contribution in [0.2, 0.25) is 5.02 Å². The first-order chi connectivity index (χ1) is 13.6. The lowest BCUT2D eigenvalue weighted by molar-refractivity contribution is -0.133. The third kappa shape index (κ3) is 4.05. The highest BCUT2D eigenvalue weighted by Gasteiger charge is 2.24. The fourth-order valence-electron chi connectivity index (χ4n) is 3.25. The van der Waals surface area contributed by atoms with E-state index in [1.165, 1.54) is 4.88 Å². The van der Waals surface area contributed by atoms with Gasteiger partial charge in [0.1, 0.15) is 22.7 Å². The Morgan fingerprint density at radius 3 is 2.64 bits per heavy atom. The number of hydrogen-bond donors (Lipinski definition) is 0. The summed E-state index contributed by atoms with van der Waals surface area (Å²) in [4.78, 5) is 27.8. The number of piperazine rings is 1. The molecule has 6 nitrogen and oxygen atoms in total. The first-order valence-electron chi connectivity index (χ1n) is 9.28. The van der Waals surface area contributed by atoms with Gasteiger partial charge in [-0.2, -0.15) is 0 Å². The maximum absolute atomic E-state index is 12.5. The lowest BCUT2D eigenvalue weighted by Crippen LogP contribution is -2.50. The second-order valence-electron chi connectivity index (χ2n) is 6.59. The fourth-order valence-corrected chi connectivity index (χ4v) is 4.31. The van der Waals surface area contributed by atoms with E-state index in [9.17, 15) is 4.79 Å². The van der Waals surface area contributed by atoms with Crippen molar-refractivity contribution in [3.8, 4) is 5.75 Å². The van der Waals surface area contributed by atoms with Gasteiger partial charge >= 0.3 is 0 Å². The Labute approximate surface area is 172 Å². The molecule has 1 aliphatic rings. The van der Waals surface area contributed by atoms with Crippen LogP contribution in [-0.2, 0) is 11.2 Å². The van der Waals surface area contributed by atoms with Crippen molar-refractivity contribution in [2.75, 3.05) is 37.7 Å². The molecule has 28 heavy (non-hydrogen) atoms. The van der Waals surface area contributed by atoms with Crippen LogP contribution in [0.5, 0.6) is 5.75 Å². The van der Waals surface area contributed by atoms with Crippen molar-refractivity contribution in [1.82, 2.24) is 14.9 Å². The molecule has 1 aliphatic heterocycles. The van der Waals surface area contributed by atoms with Gasteiger partial charge in [-0.1, -0.05) is 18.5 Å². The molecule has 146 valence electrons. The van der Waals surface area contributed by atoms with Crippen LogP contribution in [0, 0.1) is 0 Å². The average Bonchev–Trinajstić information content (AvgIpc) is 3.17. The van der Waals surface area contributed by atoms with Gasteiger partial charge in [0.2, 0.25) is 0 Å². The van der Waals surface area contributed by atoms with Crippen molar-refractivity contribution in [2.45, 2.75) is 13.3 Å². The number of anilines is 1. The second-order valence-corrected chi connectivity index (χ2v) is 8.14. The number of thiophene rings is 1.